The lowest BCUT2D eigenvalue weighted by Gasteiger charge is -2.15. The standard InChI is InChI=1S/C15H17N5O2S/c1-19(9-11-8-16-20(2)10-11)14(21)6-5-13-17-15(18-22-13)12-4-3-7-23-12/h3-4,7-8,10H,5-6,9H2,1-2H3. The highest BCUT2D eigenvalue weighted by molar-refractivity contribution is 7.13. The first kappa shape index (κ1) is 15.4. The summed E-state index contributed by atoms with van der Waals surface area (Å²) in [6.07, 6.45) is 4.43. The van der Waals surface area contributed by atoms with Gasteiger partial charge in [0.25, 0.3) is 0 Å². The molecule has 0 aliphatic heterocycles. The van der Waals surface area contributed by atoms with Crippen LogP contribution in [0, 0.1) is 0 Å². The number of aryl methyl sites for hydroxylation is 2. The third kappa shape index (κ3) is 3.84. The molecule has 0 bridgehead atoms. The van der Waals surface area contributed by atoms with Crippen molar-refractivity contribution in [2.75, 3.05) is 7.05 Å². The van der Waals surface area contributed by atoms with Crippen molar-refractivity contribution in [2.24, 2.45) is 7.05 Å². The van der Waals surface area contributed by atoms with Gasteiger partial charge >= 0.3 is 0 Å². The molecule has 0 fully saturated rings. The number of carbonyl (C=O) groups is 1. The highest BCUT2D eigenvalue weighted by Crippen LogP contribution is 2.21. The second kappa shape index (κ2) is 6.74. The van der Waals surface area contributed by atoms with Crippen molar-refractivity contribution in [2.45, 2.75) is 19.4 Å². The summed E-state index contributed by atoms with van der Waals surface area (Å²) in [5, 5.41) is 10.00. The number of hydrogen-bond acceptors (Lipinski definition) is 6. The van der Waals surface area contributed by atoms with E-state index in [1.807, 2.05) is 30.8 Å². The van der Waals surface area contributed by atoms with E-state index in [0.717, 1.165) is 10.4 Å². The smallest absolute Gasteiger partial charge is 0.227 e. The summed E-state index contributed by atoms with van der Waals surface area (Å²) in [6, 6.07) is 3.87. The van der Waals surface area contributed by atoms with Crippen LogP contribution in [-0.4, -0.2) is 37.8 Å². The van der Waals surface area contributed by atoms with Crippen molar-refractivity contribution in [1.29, 1.82) is 0 Å². The van der Waals surface area contributed by atoms with Gasteiger partial charge in [0.2, 0.25) is 17.6 Å². The molecule has 1 amide bonds. The number of aromatic nitrogens is 4. The summed E-state index contributed by atoms with van der Waals surface area (Å²) in [6.45, 7) is 0.539. The van der Waals surface area contributed by atoms with E-state index < -0.39 is 0 Å². The molecule has 3 aromatic heterocycles. The van der Waals surface area contributed by atoms with Crippen LogP contribution in [0.2, 0.25) is 0 Å². The molecule has 3 aromatic rings. The second-order valence-electron chi connectivity index (χ2n) is 5.26. The molecule has 0 atom stereocenters. The highest BCUT2D eigenvalue weighted by Gasteiger charge is 2.14. The minimum atomic E-state index is 0.0322. The normalized spacial score (nSPS) is 10.9. The van der Waals surface area contributed by atoms with Crippen LogP contribution >= 0.6 is 11.3 Å². The van der Waals surface area contributed by atoms with Crippen LogP contribution in [0.4, 0.5) is 0 Å². The SMILES string of the molecule is CN(Cc1cnn(C)c1)C(=O)CCc1nc(-c2cccs2)no1. The van der Waals surface area contributed by atoms with Gasteiger partial charge in [-0.05, 0) is 11.4 Å². The van der Waals surface area contributed by atoms with Gasteiger partial charge in [-0.25, -0.2) is 0 Å². The lowest BCUT2D eigenvalue weighted by molar-refractivity contribution is -0.130. The van der Waals surface area contributed by atoms with Gasteiger partial charge in [-0.3, -0.25) is 9.48 Å². The molecule has 23 heavy (non-hydrogen) atoms. The Morgan fingerprint density at radius 2 is 2.35 bits per heavy atom. The zero-order chi connectivity index (χ0) is 16.2. The van der Waals surface area contributed by atoms with Crippen LogP contribution in [0.15, 0.2) is 34.4 Å². The van der Waals surface area contributed by atoms with Crippen molar-refractivity contribution < 1.29 is 9.32 Å². The Morgan fingerprint density at radius 1 is 1.48 bits per heavy atom. The van der Waals surface area contributed by atoms with Crippen molar-refractivity contribution in [3.63, 3.8) is 0 Å². The molecule has 120 valence electrons. The van der Waals surface area contributed by atoms with Gasteiger partial charge < -0.3 is 9.42 Å². The van der Waals surface area contributed by atoms with E-state index >= 15 is 0 Å². The van der Waals surface area contributed by atoms with E-state index in [1.54, 1.807) is 34.2 Å². The first-order valence-corrected chi connectivity index (χ1v) is 8.08. The molecule has 0 aliphatic rings. The molecule has 0 aliphatic carbocycles. The summed E-state index contributed by atoms with van der Waals surface area (Å²) in [5.74, 6) is 1.09. The third-order valence-corrected chi connectivity index (χ3v) is 4.23. The molecule has 0 aromatic carbocycles. The molecule has 3 heterocycles. The molecule has 0 saturated heterocycles. The van der Waals surface area contributed by atoms with Crippen LogP contribution in [0.1, 0.15) is 17.9 Å². The van der Waals surface area contributed by atoms with Gasteiger partial charge in [0.05, 0.1) is 11.1 Å². The van der Waals surface area contributed by atoms with Crippen LogP contribution in [0.3, 0.4) is 0 Å². The molecule has 0 saturated carbocycles. The van der Waals surface area contributed by atoms with Crippen LogP contribution in [0.5, 0.6) is 0 Å². The number of nitrogens with zero attached hydrogens (tertiary/aromatic N) is 5. The van der Waals surface area contributed by atoms with Gasteiger partial charge in [-0.15, -0.1) is 11.3 Å². The molecular formula is C15H17N5O2S. The number of carbonyl (C=O) groups excluding carboxylic acids is 1. The minimum absolute atomic E-state index is 0.0322. The summed E-state index contributed by atoms with van der Waals surface area (Å²) in [7, 11) is 3.63. The topological polar surface area (TPSA) is 77.1 Å². The molecule has 0 radical (unpaired) electrons. The quantitative estimate of drug-likeness (QED) is 0.691. The number of amides is 1. The molecule has 3 rings (SSSR count). The number of hydrogen-bond donors (Lipinski definition) is 0. The van der Waals surface area contributed by atoms with E-state index in [9.17, 15) is 4.79 Å². The van der Waals surface area contributed by atoms with Crippen molar-refractivity contribution in [3.8, 4) is 10.7 Å². The third-order valence-electron chi connectivity index (χ3n) is 3.37. The van der Waals surface area contributed by atoms with Gasteiger partial charge in [-0.1, -0.05) is 11.2 Å². The average Bonchev–Trinajstić information content (AvgIpc) is 3.26. The predicted octanol–water partition coefficient (Wildman–Crippen LogP) is 2.12. The zero-order valence-electron chi connectivity index (χ0n) is 13.0. The van der Waals surface area contributed by atoms with Gasteiger partial charge in [-0.2, -0.15) is 10.1 Å². The lowest BCUT2D eigenvalue weighted by Crippen LogP contribution is -2.26. The summed E-state index contributed by atoms with van der Waals surface area (Å²) < 4.78 is 6.92. The van der Waals surface area contributed by atoms with Gasteiger partial charge in [0.1, 0.15) is 0 Å². The fourth-order valence-electron chi connectivity index (χ4n) is 2.18. The first-order chi connectivity index (χ1) is 11.1. The van der Waals surface area contributed by atoms with E-state index in [4.69, 9.17) is 4.52 Å². The Hall–Kier alpha value is -2.48. The Bertz CT molecular complexity index is 778. The maximum atomic E-state index is 12.2. The van der Waals surface area contributed by atoms with Crippen molar-refractivity contribution in [1.82, 2.24) is 24.8 Å². The van der Waals surface area contributed by atoms with Gasteiger partial charge in [0.15, 0.2) is 0 Å². The maximum Gasteiger partial charge on any atom is 0.227 e. The van der Waals surface area contributed by atoms with Crippen molar-refractivity contribution >= 4 is 17.2 Å². The molecule has 8 heteroatoms. The predicted molar refractivity (Wildman–Crippen MR) is 85.6 cm³/mol. The Balaban J connectivity index is 1.52. The van der Waals surface area contributed by atoms with E-state index in [1.165, 1.54) is 0 Å². The summed E-state index contributed by atoms with van der Waals surface area (Å²) in [5.41, 5.74) is 1.00. The molecule has 0 N–H and O–H groups in total. The van der Waals surface area contributed by atoms with Crippen LogP contribution in [-0.2, 0) is 24.8 Å². The largest absolute Gasteiger partial charge is 0.341 e. The highest BCUT2D eigenvalue weighted by atomic mass is 32.1. The fraction of sp³-hybridized carbons (Fsp3) is 0.333. The second-order valence-corrected chi connectivity index (χ2v) is 6.21. The Labute approximate surface area is 137 Å². The molecular weight excluding hydrogens is 314 g/mol. The lowest BCUT2D eigenvalue weighted by atomic mass is 10.2. The number of thiophene rings is 1. The van der Waals surface area contributed by atoms with Crippen molar-refractivity contribution in [3.05, 3.63) is 41.4 Å². The maximum absolute atomic E-state index is 12.2. The molecule has 7 nitrogen and oxygen atoms in total. The average molecular weight is 331 g/mol. The summed E-state index contributed by atoms with van der Waals surface area (Å²) >= 11 is 1.55. The minimum Gasteiger partial charge on any atom is -0.341 e. The van der Waals surface area contributed by atoms with Crippen LogP contribution in [0.25, 0.3) is 10.7 Å². The Kier molecular flexibility index (Phi) is 4.52. The zero-order valence-corrected chi connectivity index (χ0v) is 13.8. The molecule has 0 spiro atoms. The Morgan fingerprint density at radius 3 is 3.04 bits per heavy atom. The van der Waals surface area contributed by atoms with Crippen LogP contribution < -0.4 is 0 Å². The number of rotatable bonds is 6. The van der Waals surface area contributed by atoms with E-state index in [2.05, 4.69) is 15.2 Å². The molecule has 0 unspecified atom stereocenters. The fourth-order valence-corrected chi connectivity index (χ4v) is 2.83. The summed E-state index contributed by atoms with van der Waals surface area (Å²) in [4.78, 5) is 19.1. The van der Waals surface area contributed by atoms with E-state index in [-0.39, 0.29) is 5.91 Å². The van der Waals surface area contributed by atoms with Gasteiger partial charge in [0, 0.05) is 45.2 Å². The first-order valence-electron chi connectivity index (χ1n) is 7.20. The van der Waals surface area contributed by atoms with E-state index in [0.29, 0.717) is 31.1 Å². The monoisotopic (exact) mass is 331 g/mol.